The largest absolute Gasteiger partial charge is 0.299 e. The topological polar surface area (TPSA) is 17.1 Å². The molecule has 1 aromatic carbocycles. The number of thioether (sulfide) groups is 1. The average Bonchev–Trinajstić information content (AvgIpc) is 2.82. The Morgan fingerprint density at radius 3 is 2.44 bits per heavy atom. The van der Waals surface area contributed by atoms with Crippen LogP contribution >= 0.6 is 11.8 Å². The van der Waals surface area contributed by atoms with E-state index in [2.05, 4.69) is 45.0 Å². The van der Waals surface area contributed by atoms with Gasteiger partial charge in [-0.05, 0) is 28.7 Å². The zero-order valence-electron chi connectivity index (χ0n) is 11.5. The van der Waals surface area contributed by atoms with Crippen LogP contribution < -0.4 is 0 Å². The number of carbonyl (C=O) groups is 1. The Morgan fingerprint density at radius 2 is 1.94 bits per heavy atom. The van der Waals surface area contributed by atoms with Crippen molar-refractivity contribution in [3.63, 3.8) is 0 Å². The molecule has 18 heavy (non-hydrogen) atoms. The summed E-state index contributed by atoms with van der Waals surface area (Å²) in [5, 5.41) is 0. The van der Waals surface area contributed by atoms with Gasteiger partial charge in [0.05, 0.1) is 0 Å². The summed E-state index contributed by atoms with van der Waals surface area (Å²) in [5.41, 5.74) is 2.67. The summed E-state index contributed by atoms with van der Waals surface area (Å²) < 4.78 is 0. The smallest absolute Gasteiger partial charge is 0.141 e. The van der Waals surface area contributed by atoms with Crippen LogP contribution in [0, 0.1) is 5.92 Å². The summed E-state index contributed by atoms with van der Waals surface area (Å²) in [4.78, 5) is 12.1. The molecule has 1 fully saturated rings. The van der Waals surface area contributed by atoms with E-state index in [0.717, 1.165) is 23.5 Å². The molecule has 1 nitrogen and oxygen atoms in total. The molecule has 0 radical (unpaired) electrons. The lowest BCUT2D eigenvalue weighted by molar-refractivity contribution is -0.121. The summed E-state index contributed by atoms with van der Waals surface area (Å²) in [6, 6.07) is 8.54. The van der Waals surface area contributed by atoms with Crippen LogP contribution in [0.3, 0.4) is 0 Å². The van der Waals surface area contributed by atoms with E-state index in [1.807, 2.05) is 11.8 Å². The van der Waals surface area contributed by atoms with Crippen LogP contribution in [0.5, 0.6) is 0 Å². The molecule has 0 saturated carbocycles. The normalized spacial score (nSPS) is 20.1. The van der Waals surface area contributed by atoms with Gasteiger partial charge in [-0.25, -0.2) is 0 Å². The highest BCUT2D eigenvalue weighted by Gasteiger charge is 2.23. The zero-order chi connectivity index (χ0) is 13.2. The number of rotatable bonds is 3. The fourth-order valence-corrected chi connectivity index (χ4v) is 3.51. The second kappa shape index (κ2) is 5.48. The molecule has 2 rings (SSSR count). The Kier molecular flexibility index (Phi) is 4.16. The molecule has 1 aromatic rings. The Labute approximate surface area is 114 Å². The lowest BCUT2D eigenvalue weighted by Crippen LogP contribution is -2.16. The van der Waals surface area contributed by atoms with Gasteiger partial charge < -0.3 is 0 Å². The molecule has 0 bridgehead atoms. The molecule has 1 atom stereocenters. The minimum Gasteiger partial charge on any atom is -0.299 e. The number of hydrogen-bond donors (Lipinski definition) is 0. The number of hydrogen-bond acceptors (Lipinski definition) is 2. The molecule has 0 amide bonds. The Morgan fingerprint density at radius 1 is 1.28 bits per heavy atom. The third-order valence-electron chi connectivity index (χ3n) is 3.58. The van der Waals surface area contributed by atoms with Crippen LogP contribution in [0.1, 0.15) is 38.3 Å². The van der Waals surface area contributed by atoms with Gasteiger partial charge in [-0.2, -0.15) is 11.8 Å². The fourth-order valence-electron chi connectivity index (χ4n) is 2.26. The van der Waals surface area contributed by atoms with Crippen molar-refractivity contribution in [1.82, 2.24) is 0 Å². The van der Waals surface area contributed by atoms with Crippen LogP contribution in [0.2, 0.25) is 0 Å². The van der Waals surface area contributed by atoms with Crippen LogP contribution in [0.25, 0.3) is 0 Å². The number of benzene rings is 1. The first-order valence-corrected chi connectivity index (χ1v) is 7.82. The zero-order valence-corrected chi connectivity index (χ0v) is 12.3. The van der Waals surface area contributed by atoms with E-state index in [1.165, 1.54) is 5.56 Å². The van der Waals surface area contributed by atoms with Gasteiger partial charge in [-0.1, -0.05) is 45.0 Å². The van der Waals surface area contributed by atoms with Gasteiger partial charge in [0, 0.05) is 18.1 Å². The molecule has 0 aromatic heterocycles. The molecular weight excluding hydrogens is 240 g/mol. The Balaban J connectivity index is 2.00. The van der Waals surface area contributed by atoms with Crippen molar-refractivity contribution >= 4 is 17.5 Å². The van der Waals surface area contributed by atoms with E-state index in [4.69, 9.17) is 0 Å². The first-order chi connectivity index (χ1) is 8.47. The molecule has 1 saturated heterocycles. The maximum Gasteiger partial charge on any atom is 0.141 e. The van der Waals surface area contributed by atoms with Crippen molar-refractivity contribution < 1.29 is 4.79 Å². The molecule has 1 aliphatic rings. The lowest BCUT2D eigenvalue weighted by Gasteiger charge is -2.19. The van der Waals surface area contributed by atoms with Crippen LogP contribution in [0.4, 0.5) is 0 Å². The summed E-state index contributed by atoms with van der Waals surface area (Å²) >= 11 is 1.91. The SMILES string of the molecule is CC(C)(C)c1ccc(CC(=O)C2CCSC2)cc1. The molecule has 1 aliphatic heterocycles. The van der Waals surface area contributed by atoms with E-state index in [-0.39, 0.29) is 5.41 Å². The fraction of sp³-hybridized carbons (Fsp3) is 0.562. The third-order valence-corrected chi connectivity index (χ3v) is 4.75. The highest BCUT2D eigenvalue weighted by atomic mass is 32.2. The van der Waals surface area contributed by atoms with Gasteiger partial charge in [0.1, 0.15) is 5.78 Å². The predicted octanol–water partition coefficient (Wildman–Crippen LogP) is 3.85. The molecule has 98 valence electrons. The minimum absolute atomic E-state index is 0.185. The summed E-state index contributed by atoms with van der Waals surface area (Å²) in [5.74, 6) is 2.90. The van der Waals surface area contributed by atoms with Crippen molar-refractivity contribution in [2.24, 2.45) is 5.92 Å². The average molecular weight is 262 g/mol. The van der Waals surface area contributed by atoms with Crippen LogP contribution in [-0.4, -0.2) is 17.3 Å². The van der Waals surface area contributed by atoms with Crippen LogP contribution in [0.15, 0.2) is 24.3 Å². The second-order valence-corrected chi connectivity index (χ2v) is 7.30. The predicted molar refractivity (Wildman–Crippen MR) is 79.3 cm³/mol. The minimum atomic E-state index is 0.185. The van der Waals surface area contributed by atoms with E-state index in [1.54, 1.807) is 0 Å². The first-order valence-electron chi connectivity index (χ1n) is 6.67. The van der Waals surface area contributed by atoms with Gasteiger partial charge in [0.25, 0.3) is 0 Å². The highest BCUT2D eigenvalue weighted by molar-refractivity contribution is 7.99. The van der Waals surface area contributed by atoms with Crippen molar-refractivity contribution in [3.05, 3.63) is 35.4 Å². The van der Waals surface area contributed by atoms with Crippen molar-refractivity contribution in [2.45, 2.75) is 39.0 Å². The monoisotopic (exact) mass is 262 g/mol. The van der Waals surface area contributed by atoms with E-state index in [0.29, 0.717) is 18.1 Å². The summed E-state index contributed by atoms with van der Waals surface area (Å²) in [7, 11) is 0. The van der Waals surface area contributed by atoms with Gasteiger partial charge >= 0.3 is 0 Å². The van der Waals surface area contributed by atoms with Gasteiger partial charge in [-0.3, -0.25) is 4.79 Å². The number of ketones is 1. The molecular formula is C16H22OS. The van der Waals surface area contributed by atoms with Gasteiger partial charge in [0.15, 0.2) is 0 Å². The Hall–Kier alpha value is -0.760. The second-order valence-electron chi connectivity index (χ2n) is 6.15. The van der Waals surface area contributed by atoms with E-state index in [9.17, 15) is 4.79 Å². The molecule has 1 unspecified atom stereocenters. The Bertz CT molecular complexity index is 408. The summed E-state index contributed by atoms with van der Waals surface area (Å²) in [6.07, 6.45) is 1.68. The molecule has 0 spiro atoms. The first kappa shape index (κ1) is 13.7. The van der Waals surface area contributed by atoms with Crippen molar-refractivity contribution in [2.75, 3.05) is 11.5 Å². The maximum atomic E-state index is 12.1. The summed E-state index contributed by atoms with van der Waals surface area (Å²) in [6.45, 7) is 6.63. The maximum absolute atomic E-state index is 12.1. The van der Waals surface area contributed by atoms with E-state index >= 15 is 0 Å². The molecule has 0 aliphatic carbocycles. The molecule has 1 heterocycles. The standard InChI is InChI=1S/C16H22OS/c1-16(2,3)14-6-4-12(5-7-14)10-15(17)13-8-9-18-11-13/h4-7,13H,8-11H2,1-3H3. The number of Topliss-reactive ketones (excluding diaryl/α,β-unsaturated/α-hetero) is 1. The third kappa shape index (κ3) is 3.38. The highest BCUT2D eigenvalue weighted by Crippen LogP contribution is 2.26. The van der Waals surface area contributed by atoms with Gasteiger partial charge in [0.2, 0.25) is 0 Å². The van der Waals surface area contributed by atoms with Gasteiger partial charge in [-0.15, -0.1) is 0 Å². The van der Waals surface area contributed by atoms with Crippen molar-refractivity contribution in [1.29, 1.82) is 0 Å². The molecule has 2 heteroatoms. The van der Waals surface area contributed by atoms with Crippen molar-refractivity contribution in [3.8, 4) is 0 Å². The quantitative estimate of drug-likeness (QED) is 0.823. The van der Waals surface area contributed by atoms with E-state index < -0.39 is 0 Å². The van der Waals surface area contributed by atoms with Crippen LogP contribution in [-0.2, 0) is 16.6 Å². The number of carbonyl (C=O) groups excluding carboxylic acids is 1. The molecule has 0 N–H and O–H groups in total. The lowest BCUT2D eigenvalue weighted by atomic mass is 9.86.